The van der Waals surface area contributed by atoms with Crippen LogP contribution in [-0.4, -0.2) is 40.8 Å². The molecule has 0 spiro atoms. The molecule has 0 atom stereocenters. The quantitative estimate of drug-likeness (QED) is 0.384. The summed E-state index contributed by atoms with van der Waals surface area (Å²) < 4.78 is 14.8. The second-order valence-corrected chi connectivity index (χ2v) is 7.71. The van der Waals surface area contributed by atoms with Crippen molar-refractivity contribution in [3.05, 3.63) is 60.6 Å². The zero-order valence-corrected chi connectivity index (χ0v) is 20.7. The Balaban J connectivity index is 0.00000171. The number of hydrogen-bond acceptors (Lipinski definition) is 8. The van der Waals surface area contributed by atoms with Crippen LogP contribution in [0.25, 0.3) is 0 Å². The Hall–Kier alpha value is -1.61. The van der Waals surface area contributed by atoms with Crippen molar-refractivity contribution in [2.75, 3.05) is 5.32 Å². The fourth-order valence-corrected chi connectivity index (χ4v) is 3.72. The summed E-state index contributed by atoms with van der Waals surface area (Å²) in [4.78, 5) is 26.4. The average molecular weight is 469 g/mol. The van der Waals surface area contributed by atoms with Crippen LogP contribution in [-0.2, 0) is 7.05 Å². The van der Waals surface area contributed by atoms with E-state index in [-0.39, 0.29) is 64.3 Å². The maximum atomic E-state index is 13.2. The van der Waals surface area contributed by atoms with Crippen LogP contribution in [0, 0.1) is 5.82 Å². The van der Waals surface area contributed by atoms with E-state index >= 15 is 0 Å². The van der Waals surface area contributed by atoms with E-state index in [1.54, 1.807) is 36.1 Å². The number of nitrogens with one attached hydrogen (secondary N) is 2. The molecule has 0 saturated heterocycles. The van der Waals surface area contributed by atoms with Crippen LogP contribution in [0.3, 0.4) is 0 Å². The third-order valence-corrected chi connectivity index (χ3v) is 5.31. The molecule has 13 heteroatoms. The molecule has 30 heavy (non-hydrogen) atoms. The minimum absolute atomic E-state index is 0. The van der Waals surface area contributed by atoms with E-state index in [2.05, 4.69) is 35.6 Å². The van der Waals surface area contributed by atoms with Crippen LogP contribution in [0.1, 0.15) is 11.9 Å². The van der Waals surface area contributed by atoms with Gasteiger partial charge in [-0.1, -0.05) is 11.8 Å². The van der Waals surface area contributed by atoms with Crippen molar-refractivity contribution >= 4 is 35.2 Å². The summed E-state index contributed by atoms with van der Waals surface area (Å²) >= 11 is 2.40. The maximum Gasteiger partial charge on any atom is 1.00 e. The minimum Gasteiger partial charge on any atom is -1.00 e. The predicted octanol–water partition coefficient (Wildman–Crippen LogP) is 0.138. The molecular formula is C17H14FKN8OS2. The molecule has 0 aliphatic rings. The molecule has 3 aromatic heterocycles. The molecule has 0 radical (unpaired) electrons. The van der Waals surface area contributed by atoms with Gasteiger partial charge < -0.3 is 6.74 Å². The summed E-state index contributed by atoms with van der Waals surface area (Å²) in [6.07, 6.45) is 4.63. The van der Waals surface area contributed by atoms with Gasteiger partial charge in [-0.15, -0.1) is 0 Å². The molecule has 2 N–H and O–H groups in total. The Labute approximate surface area is 223 Å². The zero-order valence-electron chi connectivity index (χ0n) is 16.9. The topological polar surface area (TPSA) is 114 Å². The molecule has 0 fully saturated rings. The van der Waals surface area contributed by atoms with Gasteiger partial charge in [0.1, 0.15) is 22.2 Å². The number of carbonyl (C=O) groups is 1. The number of halogens is 1. The van der Waals surface area contributed by atoms with Crippen molar-refractivity contribution < 1.29 is 62.0 Å². The molecule has 9 nitrogen and oxygen atoms in total. The average Bonchev–Trinajstić information content (AvgIpc) is 3.36. The molecule has 0 saturated carbocycles. The van der Waals surface area contributed by atoms with Crippen LogP contribution in [0.4, 0.5) is 10.2 Å². The Bertz CT molecular complexity index is 1140. The second-order valence-electron chi connectivity index (χ2n) is 5.64. The number of nitrogens with zero attached hydrogens (tertiary/aromatic N) is 6. The minimum atomic E-state index is -0.458. The monoisotopic (exact) mass is 468 g/mol. The third kappa shape index (κ3) is 5.97. The number of benzene rings is 1. The van der Waals surface area contributed by atoms with Crippen molar-refractivity contribution in [2.24, 2.45) is 7.05 Å². The van der Waals surface area contributed by atoms with Gasteiger partial charge in [-0.3, -0.25) is 14.6 Å². The number of H-pyrrole nitrogens is 1. The number of amides is 1. The van der Waals surface area contributed by atoms with Crippen molar-refractivity contribution in [2.45, 2.75) is 20.1 Å². The molecule has 0 aliphatic heterocycles. The number of hydrogen-bond donors (Lipinski definition) is 2. The molecule has 3 heterocycles. The third-order valence-electron chi connectivity index (χ3n) is 3.51. The van der Waals surface area contributed by atoms with E-state index in [0.29, 0.717) is 21.0 Å². The van der Waals surface area contributed by atoms with Gasteiger partial charge in [0, 0.05) is 24.2 Å². The summed E-state index contributed by atoms with van der Waals surface area (Å²) in [6, 6.07) is 7.58. The number of aryl methyl sites for hydroxylation is 1. The van der Waals surface area contributed by atoms with Gasteiger partial charge in [0.2, 0.25) is 0 Å². The van der Waals surface area contributed by atoms with E-state index in [9.17, 15) is 9.18 Å². The molecule has 0 unspecified atom stereocenters. The first-order valence-electron chi connectivity index (χ1n) is 8.21. The van der Waals surface area contributed by atoms with Crippen LogP contribution in [0.2, 0.25) is 0 Å². The standard InChI is InChI=1S/C17H13FN8OS2.K.H/c1-26-7-6-12(25-26)22-15(27)14-16(28-11-4-2-10(18)3-5-11)19-8-13(23-14)29-17-20-9-21-24-17;;/h2-9H,1H3,(H,20,21,24)(H,22,25,27);;/q;+1;-1. The normalized spacial score (nSPS) is 10.5. The summed E-state index contributed by atoms with van der Waals surface area (Å²) in [6.45, 7) is 0. The maximum absolute atomic E-state index is 13.2. The number of aromatic amines is 1. The Morgan fingerprint density at radius 3 is 2.67 bits per heavy atom. The SMILES string of the molecule is Cn1ccc(NC(=O)c2nc(Sc3ncn[nH]3)cnc2Sc2ccc(F)cc2)n1.[H-].[K+]. The predicted molar refractivity (Wildman–Crippen MR) is 105 cm³/mol. The molecule has 1 amide bonds. The molecule has 0 aliphatic carbocycles. The van der Waals surface area contributed by atoms with Gasteiger partial charge in [0.25, 0.3) is 5.91 Å². The van der Waals surface area contributed by atoms with Crippen LogP contribution in [0.5, 0.6) is 0 Å². The van der Waals surface area contributed by atoms with Crippen molar-refractivity contribution in [1.82, 2.24) is 34.9 Å². The second kappa shape index (κ2) is 10.6. The zero-order chi connectivity index (χ0) is 20.2. The smallest absolute Gasteiger partial charge is 1.00 e. The van der Waals surface area contributed by atoms with Gasteiger partial charge >= 0.3 is 51.4 Å². The van der Waals surface area contributed by atoms with Gasteiger partial charge in [-0.25, -0.2) is 19.3 Å². The van der Waals surface area contributed by atoms with Gasteiger partial charge in [0.15, 0.2) is 16.7 Å². The fourth-order valence-electron chi connectivity index (χ4n) is 2.25. The summed E-state index contributed by atoms with van der Waals surface area (Å²) in [5.41, 5.74) is 0.120. The summed E-state index contributed by atoms with van der Waals surface area (Å²) in [5, 5.41) is 14.7. The van der Waals surface area contributed by atoms with Gasteiger partial charge in [-0.05, 0) is 36.0 Å². The summed E-state index contributed by atoms with van der Waals surface area (Å²) in [7, 11) is 1.75. The van der Waals surface area contributed by atoms with E-state index in [1.165, 1.54) is 48.2 Å². The van der Waals surface area contributed by atoms with E-state index in [0.717, 1.165) is 4.90 Å². The number of rotatable bonds is 6. The fraction of sp³-hybridized carbons (Fsp3) is 0.0588. The van der Waals surface area contributed by atoms with Crippen molar-refractivity contribution in [1.29, 1.82) is 0 Å². The van der Waals surface area contributed by atoms with Crippen molar-refractivity contribution in [3.8, 4) is 0 Å². The van der Waals surface area contributed by atoms with Crippen molar-refractivity contribution in [3.63, 3.8) is 0 Å². The molecule has 4 aromatic rings. The van der Waals surface area contributed by atoms with Crippen LogP contribution < -0.4 is 56.7 Å². The Morgan fingerprint density at radius 2 is 2.00 bits per heavy atom. The van der Waals surface area contributed by atoms with E-state index in [1.807, 2.05) is 0 Å². The molecule has 148 valence electrons. The largest absolute Gasteiger partial charge is 1.00 e. The first-order valence-corrected chi connectivity index (χ1v) is 9.85. The Morgan fingerprint density at radius 1 is 1.20 bits per heavy atom. The number of carbonyl (C=O) groups excluding carboxylic acids is 1. The van der Waals surface area contributed by atoms with Crippen LogP contribution >= 0.6 is 23.5 Å². The van der Waals surface area contributed by atoms with Gasteiger partial charge in [0.05, 0.1) is 6.20 Å². The first-order chi connectivity index (χ1) is 14.1. The summed E-state index contributed by atoms with van der Waals surface area (Å²) in [5.74, 6) is -0.404. The molecular weight excluding hydrogens is 454 g/mol. The molecule has 4 rings (SSSR count). The number of aromatic nitrogens is 7. The molecule has 0 bridgehead atoms. The first kappa shape index (κ1) is 23.1. The van der Waals surface area contributed by atoms with Gasteiger partial charge in [-0.2, -0.15) is 10.2 Å². The number of anilines is 1. The van der Waals surface area contributed by atoms with E-state index in [4.69, 9.17) is 0 Å². The van der Waals surface area contributed by atoms with E-state index < -0.39 is 5.91 Å². The molecule has 1 aromatic carbocycles. The van der Waals surface area contributed by atoms with Crippen LogP contribution in [0.15, 0.2) is 69.2 Å². The Kier molecular flexibility index (Phi) is 8.16.